The summed E-state index contributed by atoms with van der Waals surface area (Å²) in [6.07, 6.45) is 0. The zero-order chi connectivity index (χ0) is 16.7. The average Bonchev–Trinajstić information content (AvgIpc) is 2.52. The summed E-state index contributed by atoms with van der Waals surface area (Å²) in [5.41, 5.74) is 3.51. The first-order valence-electron chi connectivity index (χ1n) is 7.87. The third-order valence-electron chi connectivity index (χ3n) is 3.59. The Kier molecular flexibility index (Phi) is 6.90. The molecule has 2 aromatic rings. The van der Waals surface area contributed by atoms with Crippen molar-refractivity contribution in [1.29, 1.82) is 0 Å². The van der Waals surface area contributed by atoms with Crippen molar-refractivity contribution in [3.8, 4) is 5.75 Å². The van der Waals surface area contributed by atoms with Crippen LogP contribution in [-0.2, 0) is 13.2 Å². The Morgan fingerprint density at radius 2 is 1.83 bits per heavy atom. The average molecular weight is 333 g/mol. The van der Waals surface area contributed by atoms with Crippen molar-refractivity contribution in [2.24, 2.45) is 0 Å². The number of ether oxygens (including phenoxy) is 1. The van der Waals surface area contributed by atoms with Crippen LogP contribution in [0.15, 0.2) is 42.5 Å². The first kappa shape index (κ1) is 17.8. The summed E-state index contributed by atoms with van der Waals surface area (Å²) < 4.78 is 5.99. The molecule has 0 aliphatic heterocycles. The fourth-order valence-electron chi connectivity index (χ4n) is 2.20. The Hall–Kier alpha value is -1.55. The molecule has 0 amide bonds. The van der Waals surface area contributed by atoms with Gasteiger partial charge < -0.3 is 15.0 Å². The minimum atomic E-state index is 0.562. The lowest BCUT2D eigenvalue weighted by Gasteiger charge is -2.14. The zero-order valence-electron chi connectivity index (χ0n) is 14.1. The van der Waals surface area contributed by atoms with Gasteiger partial charge in [-0.05, 0) is 44.8 Å². The highest BCUT2D eigenvalue weighted by molar-refractivity contribution is 6.30. The molecule has 0 saturated heterocycles. The standard InChI is InChI=1S/C19H25ClN2O/c1-15-4-6-16(7-5-15)14-23-19-9-8-18(20)12-17(19)13-21-10-11-22(2)3/h4-9,12,21H,10-11,13-14H2,1-3H3. The molecule has 2 aromatic carbocycles. The smallest absolute Gasteiger partial charge is 0.124 e. The third-order valence-corrected chi connectivity index (χ3v) is 3.82. The number of likely N-dealkylation sites (N-methyl/N-ethyl adjacent to an activating group) is 1. The van der Waals surface area contributed by atoms with E-state index in [1.807, 2.05) is 18.2 Å². The molecular formula is C19H25ClN2O. The predicted octanol–water partition coefficient (Wildman–Crippen LogP) is 3.88. The molecule has 0 radical (unpaired) electrons. The molecule has 3 nitrogen and oxygen atoms in total. The Bertz CT molecular complexity index is 611. The van der Waals surface area contributed by atoms with Gasteiger partial charge in [0.15, 0.2) is 0 Å². The maximum atomic E-state index is 6.12. The minimum absolute atomic E-state index is 0.562. The maximum Gasteiger partial charge on any atom is 0.124 e. The number of halogens is 1. The van der Waals surface area contributed by atoms with Crippen LogP contribution < -0.4 is 10.1 Å². The van der Waals surface area contributed by atoms with E-state index in [0.717, 1.165) is 41.5 Å². The molecule has 0 bridgehead atoms. The van der Waals surface area contributed by atoms with Crippen LogP contribution in [0.2, 0.25) is 5.02 Å². The topological polar surface area (TPSA) is 24.5 Å². The van der Waals surface area contributed by atoms with E-state index in [0.29, 0.717) is 6.61 Å². The van der Waals surface area contributed by atoms with Gasteiger partial charge >= 0.3 is 0 Å². The summed E-state index contributed by atoms with van der Waals surface area (Å²) in [7, 11) is 4.13. The van der Waals surface area contributed by atoms with Gasteiger partial charge in [0, 0.05) is 30.2 Å². The van der Waals surface area contributed by atoms with E-state index in [-0.39, 0.29) is 0 Å². The summed E-state index contributed by atoms with van der Waals surface area (Å²) in [6.45, 7) is 5.32. The minimum Gasteiger partial charge on any atom is -0.489 e. The van der Waals surface area contributed by atoms with Gasteiger partial charge in [0.1, 0.15) is 12.4 Å². The van der Waals surface area contributed by atoms with Gasteiger partial charge in [-0.1, -0.05) is 41.4 Å². The van der Waals surface area contributed by atoms with Crippen LogP contribution in [0.3, 0.4) is 0 Å². The van der Waals surface area contributed by atoms with Crippen LogP contribution in [-0.4, -0.2) is 32.1 Å². The fraction of sp³-hybridized carbons (Fsp3) is 0.368. The normalized spacial score (nSPS) is 11.0. The molecule has 124 valence electrons. The van der Waals surface area contributed by atoms with Crippen molar-refractivity contribution in [3.05, 3.63) is 64.2 Å². The van der Waals surface area contributed by atoms with Gasteiger partial charge in [-0.2, -0.15) is 0 Å². The molecule has 0 fully saturated rings. The third kappa shape index (κ3) is 6.22. The van der Waals surface area contributed by atoms with Crippen molar-refractivity contribution in [2.45, 2.75) is 20.1 Å². The molecule has 0 atom stereocenters. The van der Waals surface area contributed by atoms with Crippen molar-refractivity contribution >= 4 is 11.6 Å². The Labute approximate surface area is 144 Å². The van der Waals surface area contributed by atoms with Crippen molar-refractivity contribution in [1.82, 2.24) is 10.2 Å². The Morgan fingerprint density at radius 3 is 2.52 bits per heavy atom. The number of nitrogens with one attached hydrogen (secondary N) is 1. The summed E-state index contributed by atoms with van der Waals surface area (Å²) in [6, 6.07) is 14.2. The van der Waals surface area contributed by atoms with E-state index in [9.17, 15) is 0 Å². The molecule has 0 aromatic heterocycles. The first-order chi connectivity index (χ1) is 11.0. The molecule has 4 heteroatoms. The molecule has 23 heavy (non-hydrogen) atoms. The predicted molar refractivity (Wildman–Crippen MR) is 97.2 cm³/mol. The summed E-state index contributed by atoms with van der Waals surface area (Å²) in [5.74, 6) is 0.882. The molecule has 0 unspecified atom stereocenters. The van der Waals surface area contributed by atoms with Crippen molar-refractivity contribution < 1.29 is 4.74 Å². The molecule has 2 rings (SSSR count). The molecule has 0 aliphatic carbocycles. The Balaban J connectivity index is 1.95. The number of nitrogens with zero attached hydrogens (tertiary/aromatic N) is 1. The van der Waals surface area contributed by atoms with Crippen LogP contribution in [0.5, 0.6) is 5.75 Å². The van der Waals surface area contributed by atoms with Crippen molar-refractivity contribution in [3.63, 3.8) is 0 Å². The van der Waals surface area contributed by atoms with Crippen LogP contribution in [0.1, 0.15) is 16.7 Å². The van der Waals surface area contributed by atoms with Gasteiger partial charge in [-0.3, -0.25) is 0 Å². The number of hydrogen-bond donors (Lipinski definition) is 1. The lowest BCUT2D eigenvalue weighted by Crippen LogP contribution is -2.26. The SMILES string of the molecule is Cc1ccc(COc2ccc(Cl)cc2CNCCN(C)C)cc1. The number of hydrogen-bond acceptors (Lipinski definition) is 3. The van der Waals surface area contributed by atoms with Crippen LogP contribution in [0.25, 0.3) is 0 Å². The number of aryl methyl sites for hydroxylation is 1. The quantitative estimate of drug-likeness (QED) is 0.742. The van der Waals surface area contributed by atoms with Crippen molar-refractivity contribution in [2.75, 3.05) is 27.2 Å². The molecule has 0 aliphatic rings. The fourth-order valence-corrected chi connectivity index (χ4v) is 2.39. The molecule has 0 saturated carbocycles. The second-order valence-electron chi connectivity index (χ2n) is 6.01. The van der Waals surface area contributed by atoms with Gasteiger partial charge in [-0.25, -0.2) is 0 Å². The largest absolute Gasteiger partial charge is 0.489 e. The van der Waals surface area contributed by atoms with Gasteiger partial charge in [0.25, 0.3) is 0 Å². The highest BCUT2D eigenvalue weighted by atomic mass is 35.5. The summed E-state index contributed by atoms with van der Waals surface area (Å²) >= 11 is 6.12. The number of rotatable bonds is 8. The van der Waals surface area contributed by atoms with E-state index in [1.165, 1.54) is 5.56 Å². The van der Waals surface area contributed by atoms with Crippen LogP contribution in [0.4, 0.5) is 0 Å². The highest BCUT2D eigenvalue weighted by Gasteiger charge is 2.05. The lowest BCUT2D eigenvalue weighted by molar-refractivity contribution is 0.301. The monoisotopic (exact) mass is 332 g/mol. The highest BCUT2D eigenvalue weighted by Crippen LogP contribution is 2.24. The molecule has 0 heterocycles. The lowest BCUT2D eigenvalue weighted by atomic mass is 10.1. The van der Waals surface area contributed by atoms with E-state index in [2.05, 4.69) is 55.5 Å². The second-order valence-corrected chi connectivity index (χ2v) is 6.44. The van der Waals surface area contributed by atoms with E-state index in [1.54, 1.807) is 0 Å². The van der Waals surface area contributed by atoms with Gasteiger partial charge in [0.05, 0.1) is 0 Å². The maximum absolute atomic E-state index is 6.12. The van der Waals surface area contributed by atoms with Gasteiger partial charge in [0.2, 0.25) is 0 Å². The van der Waals surface area contributed by atoms with Crippen LogP contribution >= 0.6 is 11.6 Å². The summed E-state index contributed by atoms with van der Waals surface area (Å²) in [4.78, 5) is 2.15. The van der Waals surface area contributed by atoms with E-state index in [4.69, 9.17) is 16.3 Å². The second kappa shape index (κ2) is 8.92. The molecule has 1 N–H and O–H groups in total. The zero-order valence-corrected chi connectivity index (χ0v) is 14.9. The Morgan fingerprint density at radius 1 is 1.09 bits per heavy atom. The van der Waals surface area contributed by atoms with E-state index >= 15 is 0 Å². The summed E-state index contributed by atoms with van der Waals surface area (Å²) in [5, 5.41) is 4.16. The molecular weight excluding hydrogens is 308 g/mol. The molecule has 0 spiro atoms. The van der Waals surface area contributed by atoms with Crippen LogP contribution in [0, 0.1) is 6.92 Å². The van der Waals surface area contributed by atoms with E-state index < -0.39 is 0 Å². The number of benzene rings is 2. The van der Waals surface area contributed by atoms with Gasteiger partial charge in [-0.15, -0.1) is 0 Å². The first-order valence-corrected chi connectivity index (χ1v) is 8.24.